The summed E-state index contributed by atoms with van der Waals surface area (Å²) in [5.41, 5.74) is 3.91. The summed E-state index contributed by atoms with van der Waals surface area (Å²) in [4.78, 5) is 11.8. The third-order valence-corrected chi connectivity index (χ3v) is 4.97. The molecule has 0 radical (unpaired) electrons. The number of anilines is 1. The summed E-state index contributed by atoms with van der Waals surface area (Å²) in [6.45, 7) is 8.39. The van der Waals surface area contributed by atoms with Gasteiger partial charge in [-0.25, -0.2) is 9.97 Å². The monoisotopic (exact) mass is 425 g/mol. The fourth-order valence-electron chi connectivity index (χ4n) is 3.66. The van der Waals surface area contributed by atoms with Gasteiger partial charge in [0.05, 0.1) is 22.2 Å². The van der Waals surface area contributed by atoms with Crippen LogP contribution in [0, 0.1) is 5.92 Å². The van der Waals surface area contributed by atoms with Crippen LogP contribution in [0.25, 0.3) is 33.2 Å². The van der Waals surface area contributed by atoms with E-state index >= 15 is 0 Å². The van der Waals surface area contributed by atoms with Crippen LogP contribution < -0.4 is 34.5 Å². The van der Waals surface area contributed by atoms with Crippen LogP contribution >= 0.6 is 0 Å². The summed E-state index contributed by atoms with van der Waals surface area (Å²) in [7, 11) is 1.87. The predicted octanol–water partition coefficient (Wildman–Crippen LogP) is 2.11. The van der Waals surface area contributed by atoms with Crippen molar-refractivity contribution in [3.05, 3.63) is 48.5 Å². The van der Waals surface area contributed by atoms with E-state index in [1.807, 2.05) is 43.6 Å². The molecule has 0 atom stereocenters. The minimum atomic E-state index is 0. The fourth-order valence-corrected chi connectivity index (χ4v) is 3.66. The normalized spacial score (nSPS) is 13.4. The Hall–Kier alpha value is -2.15. The molecular weight excluding hydrogens is 397 g/mol. The number of hydrogen-bond acceptors (Lipinski definition) is 5. The molecule has 0 spiro atoms. The molecule has 156 valence electrons. The standard InChI is InChI=1S/C20H19N5O.C4H9.Na/c1-24-12-13-10-14(19(26)11-18(13)23-24)15-4-5-17-16(21-15)6-7-20(22-17)25-8-2-3-9-25;1-4(2)3;/h4-7,10-12,26H,2-3,8-9H2,1H3;1-3H3;/q;-1;+1. The molecular formula is C24H28N5NaO. The third-order valence-electron chi connectivity index (χ3n) is 4.97. The smallest absolute Gasteiger partial charge is 0.507 e. The molecule has 1 saturated heterocycles. The Morgan fingerprint density at radius 1 is 0.903 bits per heavy atom. The first-order chi connectivity index (χ1) is 14.4. The van der Waals surface area contributed by atoms with Crippen molar-refractivity contribution in [3.8, 4) is 17.0 Å². The first kappa shape index (κ1) is 23.5. The molecule has 1 aliphatic heterocycles. The number of aryl methyl sites for hydroxylation is 1. The molecule has 31 heavy (non-hydrogen) atoms. The summed E-state index contributed by atoms with van der Waals surface area (Å²) in [6, 6.07) is 11.6. The van der Waals surface area contributed by atoms with Crippen LogP contribution in [0.3, 0.4) is 0 Å². The maximum atomic E-state index is 10.4. The van der Waals surface area contributed by atoms with Gasteiger partial charge in [-0.1, -0.05) is 0 Å². The maximum absolute atomic E-state index is 10.4. The SMILES string of the molecule is C[C-](C)C.Cn1cc2cc(-c3ccc4nc(N5CCCC5)ccc4n3)c(O)cc2n1.[Na+]. The molecule has 7 heteroatoms. The number of benzene rings is 1. The molecule has 4 heterocycles. The van der Waals surface area contributed by atoms with Gasteiger partial charge in [-0.15, -0.1) is 0 Å². The van der Waals surface area contributed by atoms with Crippen LogP contribution in [0.15, 0.2) is 42.6 Å². The third kappa shape index (κ3) is 5.37. The number of nitrogens with zero attached hydrogens (tertiary/aromatic N) is 5. The van der Waals surface area contributed by atoms with Crippen LogP contribution in [-0.2, 0) is 7.05 Å². The van der Waals surface area contributed by atoms with E-state index in [9.17, 15) is 5.11 Å². The van der Waals surface area contributed by atoms with Gasteiger partial charge < -0.3 is 15.9 Å². The van der Waals surface area contributed by atoms with Gasteiger partial charge in [0.15, 0.2) is 0 Å². The summed E-state index contributed by atoms with van der Waals surface area (Å²) in [5, 5.41) is 15.7. The molecule has 4 aromatic rings. The Morgan fingerprint density at radius 2 is 1.55 bits per heavy atom. The van der Waals surface area contributed by atoms with Crippen molar-refractivity contribution >= 4 is 27.8 Å². The van der Waals surface area contributed by atoms with E-state index in [4.69, 9.17) is 9.97 Å². The van der Waals surface area contributed by atoms with Gasteiger partial charge in [-0.2, -0.15) is 25.9 Å². The molecule has 1 aromatic carbocycles. The van der Waals surface area contributed by atoms with E-state index in [0.717, 1.165) is 46.5 Å². The number of fused-ring (bicyclic) bond motifs is 2. The topological polar surface area (TPSA) is 67.1 Å². The van der Waals surface area contributed by atoms with E-state index in [2.05, 4.69) is 30.8 Å². The Labute approximate surface area is 205 Å². The first-order valence-electron chi connectivity index (χ1n) is 10.4. The summed E-state index contributed by atoms with van der Waals surface area (Å²) >= 11 is 0. The van der Waals surface area contributed by atoms with E-state index in [1.165, 1.54) is 18.8 Å². The quantitative estimate of drug-likeness (QED) is 0.394. The number of aromatic nitrogens is 4. The Bertz CT molecular complexity index is 1180. The average Bonchev–Trinajstić information content (AvgIpc) is 3.35. The number of phenols is 1. The minimum Gasteiger partial charge on any atom is -0.507 e. The molecule has 3 aromatic heterocycles. The molecule has 1 aliphatic rings. The van der Waals surface area contributed by atoms with Crippen LogP contribution in [0.2, 0.25) is 0 Å². The Morgan fingerprint density at radius 3 is 2.26 bits per heavy atom. The van der Waals surface area contributed by atoms with Crippen LogP contribution in [0.1, 0.15) is 33.6 Å². The number of pyridine rings is 2. The molecule has 0 bridgehead atoms. The van der Waals surface area contributed by atoms with E-state index < -0.39 is 0 Å². The zero-order chi connectivity index (χ0) is 21.3. The second-order valence-electron chi connectivity index (χ2n) is 8.33. The van der Waals surface area contributed by atoms with Crippen molar-refractivity contribution in [1.82, 2.24) is 19.7 Å². The molecule has 0 saturated carbocycles. The summed E-state index contributed by atoms with van der Waals surface area (Å²) in [5.74, 6) is 2.62. The molecule has 0 unspecified atom stereocenters. The van der Waals surface area contributed by atoms with Crippen LogP contribution in [0.4, 0.5) is 5.82 Å². The van der Waals surface area contributed by atoms with Gasteiger partial charge in [-0.3, -0.25) is 4.68 Å². The Balaban J connectivity index is 0.000000504. The van der Waals surface area contributed by atoms with Gasteiger partial charge >= 0.3 is 29.6 Å². The van der Waals surface area contributed by atoms with E-state index in [0.29, 0.717) is 5.56 Å². The number of rotatable bonds is 2. The maximum Gasteiger partial charge on any atom is 1.00 e. The van der Waals surface area contributed by atoms with Crippen molar-refractivity contribution in [1.29, 1.82) is 0 Å². The van der Waals surface area contributed by atoms with Crippen LogP contribution in [-0.4, -0.2) is 37.9 Å². The number of aromatic hydroxyl groups is 1. The second-order valence-corrected chi connectivity index (χ2v) is 8.33. The van der Waals surface area contributed by atoms with E-state index in [1.54, 1.807) is 10.7 Å². The van der Waals surface area contributed by atoms with E-state index in [-0.39, 0.29) is 35.3 Å². The van der Waals surface area contributed by atoms with Crippen molar-refractivity contribution < 1.29 is 34.7 Å². The zero-order valence-corrected chi connectivity index (χ0v) is 21.1. The predicted molar refractivity (Wildman–Crippen MR) is 123 cm³/mol. The molecule has 0 amide bonds. The summed E-state index contributed by atoms with van der Waals surface area (Å²) in [6.07, 6.45) is 4.39. The number of phenolic OH excluding ortho intramolecular Hbond substituents is 1. The minimum absolute atomic E-state index is 0. The van der Waals surface area contributed by atoms with Gasteiger partial charge in [0, 0.05) is 43.4 Å². The van der Waals surface area contributed by atoms with Gasteiger partial charge in [0.2, 0.25) is 0 Å². The van der Waals surface area contributed by atoms with Crippen molar-refractivity contribution in [2.45, 2.75) is 33.6 Å². The second kappa shape index (κ2) is 9.98. The molecule has 5 rings (SSSR count). The Kier molecular flexibility index (Phi) is 7.57. The van der Waals surface area contributed by atoms with Gasteiger partial charge in [-0.05, 0) is 43.2 Å². The zero-order valence-electron chi connectivity index (χ0n) is 19.1. The van der Waals surface area contributed by atoms with Gasteiger partial charge in [0.1, 0.15) is 11.6 Å². The average molecular weight is 426 g/mol. The van der Waals surface area contributed by atoms with Crippen molar-refractivity contribution in [2.24, 2.45) is 7.05 Å². The van der Waals surface area contributed by atoms with Crippen LogP contribution in [0.5, 0.6) is 5.75 Å². The summed E-state index contributed by atoms with van der Waals surface area (Å²) < 4.78 is 1.74. The van der Waals surface area contributed by atoms with Crippen molar-refractivity contribution in [2.75, 3.05) is 18.0 Å². The first-order valence-corrected chi connectivity index (χ1v) is 10.4. The molecule has 0 aliphatic carbocycles. The largest absolute Gasteiger partial charge is 1.00 e. The molecule has 6 nitrogen and oxygen atoms in total. The van der Waals surface area contributed by atoms with Crippen molar-refractivity contribution in [3.63, 3.8) is 0 Å². The van der Waals surface area contributed by atoms with Gasteiger partial charge in [0.25, 0.3) is 0 Å². The number of hydrogen-bond donors (Lipinski definition) is 1. The fraction of sp³-hybridized carbons (Fsp3) is 0.333. The molecule has 1 N–H and O–H groups in total. The molecule has 1 fully saturated rings.